The van der Waals surface area contributed by atoms with E-state index in [1.807, 2.05) is 39.8 Å². The van der Waals surface area contributed by atoms with Crippen molar-refractivity contribution in [3.05, 3.63) is 23.8 Å². The normalized spacial score (nSPS) is 16.0. The highest BCUT2D eigenvalue weighted by Gasteiger charge is 2.32. The van der Waals surface area contributed by atoms with Crippen LogP contribution < -0.4 is 20.1 Å². The number of carbonyl (C=O) groups excluding carboxylic acids is 2. The minimum absolute atomic E-state index is 0.0109. The summed E-state index contributed by atoms with van der Waals surface area (Å²) >= 11 is 0. The summed E-state index contributed by atoms with van der Waals surface area (Å²) in [5.74, 6) is 0.695. The van der Waals surface area contributed by atoms with Gasteiger partial charge >= 0.3 is 6.03 Å². The molecule has 1 heterocycles. The lowest BCUT2D eigenvalue weighted by Crippen LogP contribution is -2.44. The lowest BCUT2D eigenvalue weighted by atomic mass is 10.0. The van der Waals surface area contributed by atoms with Crippen molar-refractivity contribution in [2.45, 2.75) is 52.2 Å². The molecular formula is C17H24N2O4. The molecule has 23 heavy (non-hydrogen) atoms. The standard InChI is InChI=1S/C17H24N2O4/c1-5-11(2)18-16(21)19-14(20)10-22-13-8-6-7-12-9-17(3,4)23-15(12)13/h6-8,11H,5,9-10H2,1-4H3,(H2,18,19,20,21)/t11-/m0/s1. The predicted octanol–water partition coefficient (Wildman–Crippen LogP) is 2.40. The van der Waals surface area contributed by atoms with E-state index in [1.54, 1.807) is 6.07 Å². The van der Waals surface area contributed by atoms with Crippen LogP contribution >= 0.6 is 0 Å². The summed E-state index contributed by atoms with van der Waals surface area (Å²) < 4.78 is 11.4. The second kappa shape index (κ2) is 6.89. The molecule has 1 atom stereocenters. The van der Waals surface area contributed by atoms with Crippen molar-refractivity contribution in [3.63, 3.8) is 0 Å². The summed E-state index contributed by atoms with van der Waals surface area (Å²) in [5, 5.41) is 4.90. The second-order valence-electron chi connectivity index (χ2n) is 6.40. The third-order valence-electron chi connectivity index (χ3n) is 3.66. The molecule has 0 saturated carbocycles. The first kappa shape index (κ1) is 17.1. The smallest absolute Gasteiger partial charge is 0.321 e. The fourth-order valence-corrected chi connectivity index (χ4v) is 2.37. The van der Waals surface area contributed by atoms with Gasteiger partial charge in [0.1, 0.15) is 5.60 Å². The quantitative estimate of drug-likeness (QED) is 0.873. The minimum Gasteiger partial charge on any atom is -0.483 e. The molecule has 0 fully saturated rings. The van der Waals surface area contributed by atoms with Gasteiger partial charge in [-0.1, -0.05) is 19.1 Å². The number of carbonyl (C=O) groups is 2. The topological polar surface area (TPSA) is 76.7 Å². The molecule has 0 saturated heterocycles. The maximum atomic E-state index is 11.8. The van der Waals surface area contributed by atoms with E-state index in [1.165, 1.54) is 0 Å². The summed E-state index contributed by atoms with van der Waals surface area (Å²) in [6.07, 6.45) is 1.59. The Kier molecular flexibility index (Phi) is 5.13. The van der Waals surface area contributed by atoms with Gasteiger partial charge in [0.2, 0.25) is 0 Å². The van der Waals surface area contributed by atoms with Crippen molar-refractivity contribution < 1.29 is 19.1 Å². The zero-order chi connectivity index (χ0) is 17.0. The fraction of sp³-hybridized carbons (Fsp3) is 0.529. The largest absolute Gasteiger partial charge is 0.483 e. The van der Waals surface area contributed by atoms with Gasteiger partial charge < -0.3 is 14.8 Å². The Bertz CT molecular complexity index is 598. The fourth-order valence-electron chi connectivity index (χ4n) is 2.37. The molecule has 1 aliphatic rings. The highest BCUT2D eigenvalue weighted by molar-refractivity contribution is 5.95. The minimum atomic E-state index is -0.511. The number of amides is 3. The van der Waals surface area contributed by atoms with E-state index in [4.69, 9.17) is 9.47 Å². The Morgan fingerprint density at radius 2 is 2.13 bits per heavy atom. The Hall–Kier alpha value is -2.24. The van der Waals surface area contributed by atoms with E-state index in [-0.39, 0.29) is 18.2 Å². The highest BCUT2D eigenvalue weighted by atomic mass is 16.5. The molecule has 6 heteroatoms. The number of para-hydroxylation sites is 1. The summed E-state index contributed by atoms with van der Waals surface area (Å²) in [6, 6.07) is 5.11. The number of fused-ring (bicyclic) bond motifs is 1. The summed E-state index contributed by atoms with van der Waals surface area (Å²) in [5.41, 5.74) is 0.780. The monoisotopic (exact) mass is 320 g/mol. The van der Waals surface area contributed by atoms with Crippen LogP contribution in [0.5, 0.6) is 11.5 Å². The molecule has 3 amide bonds. The molecule has 0 radical (unpaired) electrons. The van der Waals surface area contributed by atoms with E-state index in [9.17, 15) is 9.59 Å². The maximum Gasteiger partial charge on any atom is 0.321 e. The van der Waals surface area contributed by atoms with Crippen LogP contribution in [0.3, 0.4) is 0 Å². The van der Waals surface area contributed by atoms with Gasteiger partial charge in [0, 0.05) is 18.0 Å². The first-order chi connectivity index (χ1) is 10.8. The van der Waals surface area contributed by atoms with Crippen molar-refractivity contribution in [2.24, 2.45) is 0 Å². The number of rotatable bonds is 5. The Labute approximate surface area is 136 Å². The molecule has 2 N–H and O–H groups in total. The van der Waals surface area contributed by atoms with Crippen LogP contribution in [0.1, 0.15) is 39.7 Å². The third kappa shape index (κ3) is 4.61. The molecule has 1 aliphatic heterocycles. The molecule has 6 nitrogen and oxygen atoms in total. The number of imide groups is 1. The molecule has 0 spiro atoms. The zero-order valence-electron chi connectivity index (χ0n) is 14.1. The average molecular weight is 320 g/mol. The highest BCUT2D eigenvalue weighted by Crippen LogP contribution is 2.41. The van der Waals surface area contributed by atoms with Crippen molar-refractivity contribution in [3.8, 4) is 11.5 Å². The maximum absolute atomic E-state index is 11.8. The van der Waals surface area contributed by atoms with Crippen LogP contribution in [0.2, 0.25) is 0 Å². The lowest BCUT2D eigenvalue weighted by molar-refractivity contribution is -0.122. The van der Waals surface area contributed by atoms with Crippen molar-refractivity contribution >= 4 is 11.9 Å². The van der Waals surface area contributed by atoms with Gasteiger partial charge in [0.15, 0.2) is 18.1 Å². The van der Waals surface area contributed by atoms with Crippen LogP contribution in [0.15, 0.2) is 18.2 Å². The predicted molar refractivity (Wildman–Crippen MR) is 86.8 cm³/mol. The van der Waals surface area contributed by atoms with E-state index < -0.39 is 11.9 Å². The molecule has 2 rings (SSSR count). The number of hydrogen-bond acceptors (Lipinski definition) is 4. The molecule has 1 aromatic carbocycles. The van der Waals surface area contributed by atoms with Gasteiger partial charge in [-0.05, 0) is 33.3 Å². The summed E-state index contributed by atoms with van der Waals surface area (Å²) in [7, 11) is 0. The third-order valence-corrected chi connectivity index (χ3v) is 3.66. The van der Waals surface area contributed by atoms with Gasteiger partial charge in [-0.15, -0.1) is 0 Å². The molecule has 1 aromatic rings. The first-order valence-corrected chi connectivity index (χ1v) is 7.85. The van der Waals surface area contributed by atoms with Gasteiger partial charge in [-0.25, -0.2) is 4.79 Å². The van der Waals surface area contributed by atoms with Crippen LogP contribution in [0.25, 0.3) is 0 Å². The first-order valence-electron chi connectivity index (χ1n) is 7.85. The number of benzene rings is 1. The van der Waals surface area contributed by atoms with Gasteiger partial charge in [0.25, 0.3) is 5.91 Å². The number of nitrogens with one attached hydrogen (secondary N) is 2. The van der Waals surface area contributed by atoms with Gasteiger partial charge in [-0.3, -0.25) is 10.1 Å². The number of ether oxygens (including phenoxy) is 2. The van der Waals surface area contributed by atoms with Crippen molar-refractivity contribution in [1.29, 1.82) is 0 Å². The number of urea groups is 1. The van der Waals surface area contributed by atoms with E-state index in [2.05, 4.69) is 10.6 Å². The SMILES string of the molecule is CC[C@H](C)NC(=O)NC(=O)COc1cccc2c1OC(C)(C)C2. The number of hydrogen-bond donors (Lipinski definition) is 2. The Balaban J connectivity index is 1.89. The Morgan fingerprint density at radius 3 is 2.83 bits per heavy atom. The van der Waals surface area contributed by atoms with E-state index in [0.29, 0.717) is 11.5 Å². The van der Waals surface area contributed by atoms with Gasteiger partial charge in [0.05, 0.1) is 0 Å². The second-order valence-corrected chi connectivity index (χ2v) is 6.40. The van der Waals surface area contributed by atoms with Gasteiger partial charge in [-0.2, -0.15) is 0 Å². The van der Waals surface area contributed by atoms with Crippen LogP contribution in [0, 0.1) is 0 Å². The summed E-state index contributed by atoms with van der Waals surface area (Å²) in [4.78, 5) is 23.4. The van der Waals surface area contributed by atoms with Crippen molar-refractivity contribution in [2.75, 3.05) is 6.61 Å². The average Bonchev–Trinajstić information content (AvgIpc) is 2.79. The molecular weight excluding hydrogens is 296 g/mol. The van der Waals surface area contributed by atoms with E-state index in [0.717, 1.165) is 18.4 Å². The lowest BCUT2D eigenvalue weighted by Gasteiger charge is -2.18. The molecule has 0 aliphatic carbocycles. The van der Waals surface area contributed by atoms with Crippen molar-refractivity contribution in [1.82, 2.24) is 10.6 Å². The Morgan fingerprint density at radius 1 is 1.39 bits per heavy atom. The van der Waals surface area contributed by atoms with Crippen LogP contribution in [-0.2, 0) is 11.2 Å². The zero-order valence-corrected chi connectivity index (χ0v) is 14.1. The van der Waals surface area contributed by atoms with Crippen LogP contribution in [0.4, 0.5) is 4.79 Å². The summed E-state index contributed by atoms with van der Waals surface area (Å²) in [6.45, 7) is 7.58. The van der Waals surface area contributed by atoms with E-state index >= 15 is 0 Å². The van der Waals surface area contributed by atoms with Crippen LogP contribution in [-0.4, -0.2) is 30.2 Å². The molecule has 126 valence electrons. The molecule has 0 bridgehead atoms. The molecule has 0 unspecified atom stereocenters. The molecule has 0 aromatic heterocycles.